The molecule has 0 aliphatic rings. The van der Waals surface area contributed by atoms with Crippen LogP contribution >= 0.6 is 15.9 Å². The van der Waals surface area contributed by atoms with Crippen LogP contribution in [0.25, 0.3) is 0 Å². The van der Waals surface area contributed by atoms with Crippen LogP contribution in [0.1, 0.15) is 18.9 Å². The van der Waals surface area contributed by atoms with Crippen molar-refractivity contribution in [2.45, 2.75) is 19.5 Å². The van der Waals surface area contributed by atoms with E-state index in [4.69, 9.17) is 4.74 Å². The third-order valence-electron chi connectivity index (χ3n) is 3.00. The van der Waals surface area contributed by atoms with Crippen molar-refractivity contribution in [3.63, 3.8) is 0 Å². The summed E-state index contributed by atoms with van der Waals surface area (Å²) >= 11 is 3.39. The fourth-order valence-corrected chi connectivity index (χ4v) is 2.40. The Balaban J connectivity index is 2.42. The summed E-state index contributed by atoms with van der Waals surface area (Å²) in [5.41, 5.74) is -0.246. The van der Waals surface area contributed by atoms with Gasteiger partial charge in [-0.2, -0.15) is 18.2 Å². The molecule has 2 rings (SSSR count). The molecular formula is C15H15BrF3N3O. The Morgan fingerprint density at radius 2 is 1.96 bits per heavy atom. The highest BCUT2D eigenvalue weighted by Gasteiger charge is 2.36. The zero-order chi connectivity index (χ0) is 17.0. The monoisotopic (exact) mass is 389 g/mol. The van der Waals surface area contributed by atoms with Crippen molar-refractivity contribution >= 4 is 27.6 Å². The average Bonchev–Trinajstić information content (AvgIpc) is 2.51. The van der Waals surface area contributed by atoms with E-state index >= 15 is 0 Å². The highest BCUT2D eigenvalue weighted by atomic mass is 79.9. The van der Waals surface area contributed by atoms with E-state index in [2.05, 4.69) is 25.9 Å². The maximum absolute atomic E-state index is 13.0. The first kappa shape index (κ1) is 17.5. The minimum atomic E-state index is -4.56. The van der Waals surface area contributed by atoms with Gasteiger partial charge in [0.15, 0.2) is 0 Å². The highest BCUT2D eigenvalue weighted by molar-refractivity contribution is 9.10. The van der Waals surface area contributed by atoms with Crippen molar-refractivity contribution in [3.8, 4) is 5.88 Å². The topological polar surface area (TPSA) is 38.2 Å². The lowest BCUT2D eigenvalue weighted by Gasteiger charge is -2.20. The summed E-state index contributed by atoms with van der Waals surface area (Å²) in [4.78, 5) is 9.36. The molecule has 0 fully saturated rings. The number of nitrogens with zero attached hydrogens (tertiary/aromatic N) is 3. The molecule has 0 radical (unpaired) electrons. The van der Waals surface area contributed by atoms with Crippen LogP contribution in [0.4, 0.5) is 24.8 Å². The summed E-state index contributed by atoms with van der Waals surface area (Å²) < 4.78 is 45.0. The van der Waals surface area contributed by atoms with Gasteiger partial charge in [0.1, 0.15) is 5.56 Å². The van der Waals surface area contributed by atoms with E-state index in [1.54, 1.807) is 18.0 Å². The minimum absolute atomic E-state index is 0.121. The second-order valence-corrected chi connectivity index (χ2v) is 5.60. The van der Waals surface area contributed by atoms with Crippen LogP contribution in [0.15, 0.2) is 34.9 Å². The molecular weight excluding hydrogens is 375 g/mol. The molecule has 0 aliphatic carbocycles. The van der Waals surface area contributed by atoms with Gasteiger partial charge in [-0.05, 0) is 34.5 Å². The third-order valence-corrected chi connectivity index (χ3v) is 3.67. The van der Waals surface area contributed by atoms with Crippen LogP contribution in [0, 0.1) is 0 Å². The molecule has 0 spiro atoms. The van der Waals surface area contributed by atoms with Gasteiger partial charge >= 0.3 is 6.18 Å². The van der Waals surface area contributed by atoms with Crippen molar-refractivity contribution in [2.24, 2.45) is 0 Å². The van der Waals surface area contributed by atoms with E-state index in [9.17, 15) is 13.2 Å². The van der Waals surface area contributed by atoms with Gasteiger partial charge in [-0.1, -0.05) is 19.1 Å². The van der Waals surface area contributed by atoms with Gasteiger partial charge in [-0.15, -0.1) is 0 Å². The van der Waals surface area contributed by atoms with E-state index in [0.29, 0.717) is 6.42 Å². The molecule has 0 aliphatic heterocycles. The number of benzene rings is 1. The van der Waals surface area contributed by atoms with Gasteiger partial charge in [-0.3, -0.25) is 0 Å². The quantitative estimate of drug-likeness (QED) is 0.734. The number of alkyl halides is 3. The Morgan fingerprint density at radius 3 is 2.57 bits per heavy atom. The predicted molar refractivity (Wildman–Crippen MR) is 85.0 cm³/mol. The molecule has 0 amide bonds. The maximum Gasteiger partial charge on any atom is 0.423 e. The molecule has 0 bridgehead atoms. The predicted octanol–water partition coefficient (Wildman–Crippen LogP) is 4.81. The SMILES string of the molecule is CCCOc1nc(N(C)c2ccccc2Br)ncc1C(F)(F)F. The average molecular weight is 390 g/mol. The van der Waals surface area contributed by atoms with E-state index < -0.39 is 17.6 Å². The van der Waals surface area contributed by atoms with Gasteiger partial charge in [0.2, 0.25) is 11.8 Å². The fourth-order valence-electron chi connectivity index (χ4n) is 1.85. The molecule has 8 heteroatoms. The summed E-state index contributed by atoms with van der Waals surface area (Å²) in [6.45, 7) is 1.96. The van der Waals surface area contributed by atoms with E-state index in [-0.39, 0.29) is 12.6 Å². The first-order valence-corrected chi connectivity index (χ1v) is 7.69. The minimum Gasteiger partial charge on any atom is -0.477 e. The number of rotatable bonds is 5. The smallest absolute Gasteiger partial charge is 0.423 e. The summed E-state index contributed by atoms with van der Waals surface area (Å²) in [6, 6.07) is 7.28. The lowest BCUT2D eigenvalue weighted by atomic mass is 10.3. The van der Waals surface area contributed by atoms with E-state index in [0.717, 1.165) is 16.4 Å². The number of anilines is 2. The third kappa shape index (κ3) is 4.13. The Hall–Kier alpha value is -1.83. The molecule has 124 valence electrons. The molecule has 4 nitrogen and oxygen atoms in total. The van der Waals surface area contributed by atoms with E-state index in [1.807, 2.05) is 25.1 Å². The number of para-hydroxylation sites is 1. The molecule has 0 N–H and O–H groups in total. The normalized spacial score (nSPS) is 11.4. The number of ether oxygens (including phenoxy) is 1. The van der Waals surface area contributed by atoms with E-state index in [1.165, 1.54) is 0 Å². The Morgan fingerprint density at radius 1 is 1.26 bits per heavy atom. The first-order chi connectivity index (χ1) is 10.8. The maximum atomic E-state index is 13.0. The largest absolute Gasteiger partial charge is 0.477 e. The lowest BCUT2D eigenvalue weighted by Crippen LogP contribution is -2.17. The van der Waals surface area contributed by atoms with Gasteiger partial charge in [0.05, 0.1) is 12.3 Å². The van der Waals surface area contributed by atoms with Gasteiger partial charge < -0.3 is 9.64 Å². The molecule has 1 aromatic heterocycles. The Kier molecular flexibility index (Phi) is 5.46. The second kappa shape index (κ2) is 7.16. The van der Waals surface area contributed by atoms with Crippen LogP contribution in [-0.4, -0.2) is 23.6 Å². The van der Waals surface area contributed by atoms with Gasteiger partial charge in [0.25, 0.3) is 0 Å². The van der Waals surface area contributed by atoms with Crippen LogP contribution in [0.5, 0.6) is 5.88 Å². The van der Waals surface area contributed by atoms with Gasteiger partial charge in [0, 0.05) is 17.7 Å². The van der Waals surface area contributed by atoms with Crippen LogP contribution in [0.2, 0.25) is 0 Å². The van der Waals surface area contributed by atoms with Crippen molar-refractivity contribution in [1.82, 2.24) is 9.97 Å². The number of hydrogen-bond donors (Lipinski definition) is 0. The van der Waals surface area contributed by atoms with Crippen LogP contribution in [0.3, 0.4) is 0 Å². The van der Waals surface area contributed by atoms with Crippen LogP contribution in [-0.2, 0) is 6.18 Å². The number of hydrogen-bond acceptors (Lipinski definition) is 4. The summed E-state index contributed by atoms with van der Waals surface area (Å²) in [7, 11) is 1.67. The molecule has 0 saturated carbocycles. The molecule has 23 heavy (non-hydrogen) atoms. The summed E-state index contributed by atoms with van der Waals surface area (Å²) in [6.07, 6.45) is -3.23. The van der Waals surface area contributed by atoms with Crippen LogP contribution < -0.4 is 9.64 Å². The summed E-state index contributed by atoms with van der Waals surface area (Å²) in [5, 5.41) is 0. The zero-order valence-electron chi connectivity index (χ0n) is 12.6. The lowest BCUT2D eigenvalue weighted by molar-refractivity contribution is -0.139. The number of halogens is 4. The second-order valence-electron chi connectivity index (χ2n) is 4.75. The zero-order valence-corrected chi connectivity index (χ0v) is 14.1. The van der Waals surface area contributed by atoms with Gasteiger partial charge in [-0.25, -0.2) is 4.98 Å². The summed E-state index contributed by atoms with van der Waals surface area (Å²) in [5.74, 6) is -0.334. The molecule has 0 atom stereocenters. The molecule has 1 heterocycles. The molecule has 0 saturated heterocycles. The molecule has 0 unspecified atom stereocenters. The standard InChI is InChI=1S/C15H15BrF3N3O/c1-3-8-23-13-10(15(17,18)19)9-20-14(21-13)22(2)12-7-5-4-6-11(12)16/h4-7,9H,3,8H2,1-2H3. The highest BCUT2D eigenvalue weighted by Crippen LogP contribution is 2.36. The van der Waals surface area contributed by atoms with Crippen molar-refractivity contribution in [3.05, 3.63) is 40.5 Å². The van der Waals surface area contributed by atoms with Crippen molar-refractivity contribution in [1.29, 1.82) is 0 Å². The number of aromatic nitrogens is 2. The molecule has 1 aromatic carbocycles. The van der Waals surface area contributed by atoms with Crippen molar-refractivity contribution in [2.75, 3.05) is 18.6 Å². The fraction of sp³-hybridized carbons (Fsp3) is 0.333. The van der Waals surface area contributed by atoms with Crippen molar-refractivity contribution < 1.29 is 17.9 Å². The molecule has 2 aromatic rings. The first-order valence-electron chi connectivity index (χ1n) is 6.90. The Labute approximate surface area is 140 Å². The Bertz CT molecular complexity index is 679.